The standard InChI is InChI=1S/C19H18Cl2N4O2/c1-13-11-23-24-25(13,12-14-5-6-17(20)18(21)9-14)16-4-2-3-15(10-16)19(27)22-7-8-26/h2-6,9-11,26H,7-8,12H2,1H3/p+1. The predicted octanol–water partition coefficient (Wildman–Crippen LogP) is 4.47. The number of benzene rings is 2. The zero-order valence-electron chi connectivity index (χ0n) is 14.7. The molecule has 0 bridgehead atoms. The van der Waals surface area contributed by atoms with Gasteiger partial charge in [-0.1, -0.05) is 35.3 Å². The van der Waals surface area contributed by atoms with Crippen LogP contribution in [0, 0.1) is 0 Å². The topological polar surface area (TPSA) is 74.0 Å². The highest BCUT2D eigenvalue weighted by molar-refractivity contribution is 6.42. The molecule has 0 spiro atoms. The second-order valence-corrected chi connectivity index (χ2v) is 7.00. The second-order valence-electron chi connectivity index (χ2n) is 6.18. The minimum absolute atomic E-state index is 0.110. The van der Waals surface area contributed by atoms with Crippen molar-refractivity contribution in [3.8, 4) is 0 Å². The Labute approximate surface area is 167 Å². The molecule has 1 atom stereocenters. The van der Waals surface area contributed by atoms with E-state index in [1.54, 1.807) is 30.5 Å². The van der Waals surface area contributed by atoms with Gasteiger partial charge < -0.3 is 10.4 Å². The molecular formula is C19H19Cl2N4O2+. The molecular weight excluding hydrogens is 387 g/mol. The summed E-state index contributed by atoms with van der Waals surface area (Å²) in [5.41, 5.74) is 3.14. The minimum Gasteiger partial charge on any atom is -0.395 e. The van der Waals surface area contributed by atoms with Gasteiger partial charge >= 0.3 is 0 Å². The molecule has 8 heteroatoms. The van der Waals surface area contributed by atoms with Crippen LogP contribution < -0.4 is 9.91 Å². The van der Waals surface area contributed by atoms with E-state index in [0.717, 1.165) is 16.9 Å². The van der Waals surface area contributed by atoms with E-state index in [9.17, 15) is 4.79 Å². The summed E-state index contributed by atoms with van der Waals surface area (Å²) < 4.78 is 0.110. The maximum atomic E-state index is 12.3. The van der Waals surface area contributed by atoms with Gasteiger partial charge in [-0.2, -0.15) is 0 Å². The van der Waals surface area contributed by atoms with Gasteiger partial charge in [-0.3, -0.25) is 4.79 Å². The minimum atomic E-state index is -0.253. The Morgan fingerprint density at radius 1 is 1.19 bits per heavy atom. The fourth-order valence-corrected chi connectivity index (χ4v) is 3.24. The average Bonchev–Trinajstić information content (AvgIpc) is 3.04. The molecule has 0 radical (unpaired) electrons. The number of carbonyl (C=O) groups is 1. The third-order valence-corrected chi connectivity index (χ3v) is 5.10. The van der Waals surface area contributed by atoms with Gasteiger partial charge in [0, 0.05) is 42.0 Å². The first kappa shape index (κ1) is 19.5. The van der Waals surface area contributed by atoms with E-state index in [2.05, 4.69) is 15.7 Å². The van der Waals surface area contributed by atoms with E-state index in [1.165, 1.54) is 0 Å². The van der Waals surface area contributed by atoms with Crippen LogP contribution in [0.25, 0.3) is 0 Å². The number of carbonyl (C=O) groups excluding carboxylic acids is 1. The maximum Gasteiger partial charge on any atom is 0.251 e. The third-order valence-electron chi connectivity index (χ3n) is 4.36. The number of nitrogens with one attached hydrogen (secondary N) is 1. The van der Waals surface area contributed by atoms with Crippen molar-refractivity contribution in [3.63, 3.8) is 0 Å². The zero-order chi connectivity index (χ0) is 19.4. The second kappa shape index (κ2) is 8.19. The lowest BCUT2D eigenvalue weighted by Crippen LogP contribution is -2.39. The molecule has 1 unspecified atom stereocenters. The number of allylic oxidation sites excluding steroid dienone is 1. The summed E-state index contributed by atoms with van der Waals surface area (Å²) in [4.78, 5) is 12.3. The number of aliphatic hydroxyl groups excluding tert-OH is 1. The third kappa shape index (κ3) is 4.04. The first-order valence-corrected chi connectivity index (χ1v) is 9.13. The van der Waals surface area contributed by atoms with Crippen molar-refractivity contribution in [1.82, 2.24) is 9.91 Å². The van der Waals surface area contributed by atoms with Crippen molar-refractivity contribution < 1.29 is 9.90 Å². The lowest BCUT2D eigenvalue weighted by atomic mass is 10.1. The van der Waals surface area contributed by atoms with Gasteiger partial charge in [0.05, 0.1) is 16.7 Å². The fraction of sp³-hybridized carbons (Fsp3) is 0.211. The summed E-state index contributed by atoms with van der Waals surface area (Å²) in [5.74, 6) is -0.253. The van der Waals surface area contributed by atoms with E-state index < -0.39 is 0 Å². The number of nitrogens with zero attached hydrogens (tertiary/aromatic N) is 3. The van der Waals surface area contributed by atoms with E-state index in [4.69, 9.17) is 28.3 Å². The highest BCUT2D eigenvalue weighted by Crippen LogP contribution is 2.37. The van der Waals surface area contributed by atoms with Gasteiger partial charge in [0.25, 0.3) is 5.91 Å². The summed E-state index contributed by atoms with van der Waals surface area (Å²) in [5, 5.41) is 21.1. The van der Waals surface area contributed by atoms with Crippen LogP contribution in [0.15, 0.2) is 64.7 Å². The van der Waals surface area contributed by atoms with Gasteiger partial charge in [-0.05, 0) is 18.2 Å². The van der Waals surface area contributed by atoms with Crippen molar-refractivity contribution in [2.24, 2.45) is 10.3 Å². The molecule has 2 aromatic rings. The van der Waals surface area contributed by atoms with Gasteiger partial charge in [-0.15, -0.1) is 9.71 Å². The quantitative estimate of drug-likeness (QED) is 0.695. The number of halogens is 2. The molecule has 6 nitrogen and oxygen atoms in total. The largest absolute Gasteiger partial charge is 0.395 e. The van der Waals surface area contributed by atoms with Crippen LogP contribution >= 0.6 is 23.2 Å². The van der Waals surface area contributed by atoms with E-state index in [0.29, 0.717) is 22.2 Å². The summed E-state index contributed by atoms with van der Waals surface area (Å²) in [6, 6.07) is 12.7. The number of quaternary nitrogens is 1. The zero-order valence-corrected chi connectivity index (χ0v) is 16.2. The molecule has 1 heterocycles. The Morgan fingerprint density at radius 3 is 2.67 bits per heavy atom. The number of aliphatic hydroxyl groups is 1. The number of amides is 1. The summed E-state index contributed by atoms with van der Waals surface area (Å²) in [6.07, 6.45) is 1.70. The van der Waals surface area contributed by atoms with Crippen LogP contribution in [-0.2, 0) is 6.54 Å². The van der Waals surface area contributed by atoms with Crippen LogP contribution in [0.3, 0.4) is 0 Å². The van der Waals surface area contributed by atoms with E-state index in [1.807, 2.05) is 25.1 Å². The SMILES string of the molecule is CC1=CN=N[N+]1(Cc1ccc(Cl)c(Cl)c1)c1cccc(C(=O)NCCO)c1. The number of hydrogen-bond donors (Lipinski definition) is 2. The average molecular weight is 406 g/mol. The molecule has 1 amide bonds. The lowest BCUT2D eigenvalue weighted by Gasteiger charge is -2.27. The normalized spacial score (nSPS) is 18.4. The Kier molecular flexibility index (Phi) is 5.92. The maximum absolute atomic E-state index is 12.3. The molecule has 3 rings (SSSR count). The highest BCUT2D eigenvalue weighted by Gasteiger charge is 2.38. The number of rotatable bonds is 6. The monoisotopic (exact) mass is 405 g/mol. The molecule has 0 fully saturated rings. The lowest BCUT2D eigenvalue weighted by molar-refractivity contribution is 0.0944. The van der Waals surface area contributed by atoms with Gasteiger partial charge in [0.1, 0.15) is 12.7 Å². The van der Waals surface area contributed by atoms with Gasteiger partial charge in [0.2, 0.25) is 0 Å². The molecule has 0 saturated carbocycles. The first-order chi connectivity index (χ1) is 13.0. The summed E-state index contributed by atoms with van der Waals surface area (Å²) in [6.45, 7) is 2.50. The molecule has 1 aliphatic heterocycles. The summed E-state index contributed by atoms with van der Waals surface area (Å²) >= 11 is 12.2. The van der Waals surface area contributed by atoms with Gasteiger partial charge in [-0.25, -0.2) is 0 Å². The molecule has 0 aromatic heterocycles. The van der Waals surface area contributed by atoms with Crippen molar-refractivity contribution in [1.29, 1.82) is 0 Å². The Balaban J connectivity index is 1.98. The first-order valence-electron chi connectivity index (χ1n) is 8.38. The van der Waals surface area contributed by atoms with E-state index in [-0.39, 0.29) is 23.7 Å². The molecule has 1 aliphatic rings. The molecule has 27 heavy (non-hydrogen) atoms. The van der Waals surface area contributed by atoms with Crippen LogP contribution in [0.1, 0.15) is 22.8 Å². The molecule has 2 N–H and O–H groups in total. The molecule has 0 saturated heterocycles. The predicted molar refractivity (Wildman–Crippen MR) is 106 cm³/mol. The Hall–Kier alpha value is -2.25. The van der Waals surface area contributed by atoms with Crippen LogP contribution in [0.5, 0.6) is 0 Å². The summed E-state index contributed by atoms with van der Waals surface area (Å²) in [7, 11) is 0. The number of hydrogen-bond acceptors (Lipinski definition) is 4. The molecule has 140 valence electrons. The van der Waals surface area contributed by atoms with Crippen molar-refractivity contribution in [3.05, 3.63) is 75.5 Å². The van der Waals surface area contributed by atoms with Crippen LogP contribution in [0.2, 0.25) is 10.0 Å². The Bertz CT molecular complexity index is 930. The Morgan fingerprint density at radius 2 is 2.00 bits per heavy atom. The van der Waals surface area contributed by atoms with Crippen LogP contribution in [0.4, 0.5) is 5.69 Å². The highest BCUT2D eigenvalue weighted by atomic mass is 35.5. The van der Waals surface area contributed by atoms with Crippen molar-refractivity contribution in [2.45, 2.75) is 13.5 Å². The molecule has 2 aromatic carbocycles. The fourth-order valence-electron chi connectivity index (χ4n) is 2.92. The van der Waals surface area contributed by atoms with E-state index >= 15 is 0 Å². The molecule has 0 aliphatic carbocycles. The van der Waals surface area contributed by atoms with Crippen molar-refractivity contribution >= 4 is 34.8 Å². The smallest absolute Gasteiger partial charge is 0.251 e. The van der Waals surface area contributed by atoms with Gasteiger partial charge in [0.15, 0.2) is 11.4 Å². The van der Waals surface area contributed by atoms with Crippen LogP contribution in [-0.4, -0.2) is 24.2 Å². The van der Waals surface area contributed by atoms with Crippen molar-refractivity contribution in [2.75, 3.05) is 13.2 Å².